The summed E-state index contributed by atoms with van der Waals surface area (Å²) in [6.07, 6.45) is 1.67. The largest absolute Gasteiger partial charge is 0.348 e. The Morgan fingerprint density at radius 3 is 2.81 bits per heavy atom. The number of amides is 1. The van der Waals surface area contributed by atoms with E-state index in [1.165, 1.54) is 10.3 Å². The van der Waals surface area contributed by atoms with Crippen molar-refractivity contribution in [3.63, 3.8) is 0 Å². The average molecular weight is 386 g/mol. The maximum absolute atomic E-state index is 12.5. The first kappa shape index (κ1) is 17.3. The fraction of sp³-hybridized carbons (Fsp3) is 0.300. The van der Waals surface area contributed by atoms with E-state index in [1.54, 1.807) is 23.5 Å². The third-order valence-electron chi connectivity index (χ3n) is 4.76. The van der Waals surface area contributed by atoms with Gasteiger partial charge in [0.2, 0.25) is 5.91 Å². The molecule has 0 spiro atoms. The van der Waals surface area contributed by atoms with Gasteiger partial charge in [-0.15, -0.1) is 0 Å². The van der Waals surface area contributed by atoms with E-state index < -0.39 is 0 Å². The van der Waals surface area contributed by atoms with Crippen LogP contribution in [0.1, 0.15) is 18.4 Å². The van der Waals surface area contributed by atoms with Gasteiger partial charge in [0.1, 0.15) is 0 Å². The summed E-state index contributed by atoms with van der Waals surface area (Å²) in [5.41, 5.74) is 3.06. The number of aryl methyl sites for hydroxylation is 1. The lowest BCUT2D eigenvalue weighted by Gasteiger charge is -2.31. The number of piperidine rings is 1. The number of carbonyl (C=O) groups excluding carboxylic acids is 1. The van der Waals surface area contributed by atoms with Crippen LogP contribution in [0.3, 0.4) is 0 Å². The summed E-state index contributed by atoms with van der Waals surface area (Å²) < 4.78 is 1.22. The van der Waals surface area contributed by atoms with Gasteiger partial charge in [0, 0.05) is 29.7 Å². The molecule has 4 rings (SSSR count). The monoisotopic (exact) mass is 385 g/mol. The first-order valence-electron chi connectivity index (χ1n) is 8.77. The first-order valence-corrected chi connectivity index (χ1v) is 9.96. The zero-order valence-electron chi connectivity index (χ0n) is 14.5. The summed E-state index contributed by atoms with van der Waals surface area (Å²) in [5.74, 6) is 0.105. The Morgan fingerprint density at radius 1 is 1.23 bits per heavy atom. The molecule has 2 heterocycles. The van der Waals surface area contributed by atoms with Crippen LogP contribution < -0.4 is 10.2 Å². The minimum Gasteiger partial charge on any atom is -0.348 e. The highest BCUT2D eigenvalue weighted by molar-refractivity contribution is 7.22. The number of hydrogen-bond acceptors (Lipinski definition) is 4. The SMILES string of the molecule is Cc1ccc2nc(N3CCC(C(=O)Nc4cccc(Cl)c4)CC3)sc2c1. The number of fused-ring (bicyclic) bond motifs is 1. The number of halogens is 1. The van der Waals surface area contributed by atoms with Gasteiger partial charge < -0.3 is 10.2 Å². The molecule has 1 fully saturated rings. The number of hydrogen-bond donors (Lipinski definition) is 1. The molecule has 0 aliphatic carbocycles. The Balaban J connectivity index is 1.39. The van der Waals surface area contributed by atoms with Crippen molar-refractivity contribution in [3.8, 4) is 0 Å². The molecule has 0 bridgehead atoms. The van der Waals surface area contributed by atoms with E-state index in [1.807, 2.05) is 12.1 Å². The Kier molecular flexibility index (Phi) is 4.83. The average Bonchev–Trinajstić information content (AvgIpc) is 3.05. The van der Waals surface area contributed by atoms with Crippen LogP contribution in [0.4, 0.5) is 10.8 Å². The van der Waals surface area contributed by atoms with Crippen molar-refractivity contribution in [2.75, 3.05) is 23.3 Å². The number of nitrogens with zero attached hydrogens (tertiary/aromatic N) is 2. The number of rotatable bonds is 3. The molecule has 1 N–H and O–H groups in total. The molecule has 0 radical (unpaired) electrons. The van der Waals surface area contributed by atoms with Gasteiger partial charge in [-0.2, -0.15) is 0 Å². The molecule has 0 saturated carbocycles. The van der Waals surface area contributed by atoms with E-state index in [2.05, 4.69) is 35.3 Å². The first-order chi connectivity index (χ1) is 12.6. The Labute approximate surface area is 161 Å². The standard InChI is InChI=1S/C20H20ClN3OS/c1-13-5-6-17-18(11-13)26-20(23-17)24-9-7-14(8-10-24)19(25)22-16-4-2-3-15(21)12-16/h2-6,11-12,14H,7-10H2,1H3,(H,22,25). The summed E-state index contributed by atoms with van der Waals surface area (Å²) >= 11 is 7.71. The summed E-state index contributed by atoms with van der Waals surface area (Å²) in [5, 5.41) is 4.66. The number of nitrogens with one attached hydrogen (secondary N) is 1. The fourth-order valence-corrected chi connectivity index (χ4v) is 4.60. The van der Waals surface area contributed by atoms with E-state index in [-0.39, 0.29) is 11.8 Å². The number of thiazole rings is 1. The van der Waals surface area contributed by atoms with Gasteiger partial charge in [0.05, 0.1) is 10.2 Å². The highest BCUT2D eigenvalue weighted by Gasteiger charge is 2.26. The van der Waals surface area contributed by atoms with Crippen molar-refractivity contribution in [1.29, 1.82) is 0 Å². The van der Waals surface area contributed by atoms with Crippen LogP contribution in [0.2, 0.25) is 5.02 Å². The molecule has 3 aromatic rings. The molecule has 134 valence electrons. The van der Waals surface area contributed by atoms with Crippen LogP contribution in [-0.2, 0) is 4.79 Å². The predicted molar refractivity (Wildman–Crippen MR) is 109 cm³/mol. The molecule has 26 heavy (non-hydrogen) atoms. The second-order valence-electron chi connectivity index (χ2n) is 6.73. The van der Waals surface area contributed by atoms with Gasteiger partial charge in [-0.1, -0.05) is 35.1 Å². The van der Waals surface area contributed by atoms with E-state index in [4.69, 9.17) is 16.6 Å². The highest BCUT2D eigenvalue weighted by atomic mass is 35.5. The van der Waals surface area contributed by atoms with Gasteiger partial charge in [-0.3, -0.25) is 4.79 Å². The normalized spacial score (nSPS) is 15.4. The minimum absolute atomic E-state index is 0.0295. The third kappa shape index (κ3) is 3.69. The summed E-state index contributed by atoms with van der Waals surface area (Å²) in [6.45, 7) is 3.81. The Hall–Kier alpha value is -2.11. The summed E-state index contributed by atoms with van der Waals surface area (Å²) in [6, 6.07) is 13.6. The van der Waals surface area contributed by atoms with Crippen LogP contribution in [0.25, 0.3) is 10.2 Å². The number of benzene rings is 2. The van der Waals surface area contributed by atoms with Crippen molar-refractivity contribution in [2.24, 2.45) is 5.92 Å². The van der Waals surface area contributed by atoms with E-state index in [0.717, 1.165) is 42.3 Å². The number of aromatic nitrogens is 1. The molecule has 1 amide bonds. The lowest BCUT2D eigenvalue weighted by molar-refractivity contribution is -0.120. The van der Waals surface area contributed by atoms with Crippen LogP contribution in [0.5, 0.6) is 0 Å². The zero-order chi connectivity index (χ0) is 18.1. The van der Waals surface area contributed by atoms with E-state index in [9.17, 15) is 4.79 Å². The van der Waals surface area contributed by atoms with Crippen LogP contribution in [0, 0.1) is 12.8 Å². The molecule has 1 aromatic heterocycles. The van der Waals surface area contributed by atoms with Crippen molar-refractivity contribution in [3.05, 3.63) is 53.1 Å². The van der Waals surface area contributed by atoms with Crippen LogP contribution in [-0.4, -0.2) is 24.0 Å². The molecule has 6 heteroatoms. The zero-order valence-corrected chi connectivity index (χ0v) is 16.1. The van der Waals surface area contributed by atoms with Gasteiger partial charge in [0.15, 0.2) is 5.13 Å². The molecular weight excluding hydrogens is 366 g/mol. The molecule has 1 aliphatic heterocycles. The second-order valence-corrected chi connectivity index (χ2v) is 8.17. The molecule has 1 saturated heterocycles. The molecule has 0 unspecified atom stereocenters. The molecule has 2 aromatic carbocycles. The smallest absolute Gasteiger partial charge is 0.227 e. The highest BCUT2D eigenvalue weighted by Crippen LogP contribution is 2.32. The van der Waals surface area contributed by atoms with Gasteiger partial charge >= 0.3 is 0 Å². The molecule has 1 aliphatic rings. The van der Waals surface area contributed by atoms with Crippen molar-refractivity contribution in [1.82, 2.24) is 4.98 Å². The molecule has 4 nitrogen and oxygen atoms in total. The second kappa shape index (κ2) is 7.25. The quantitative estimate of drug-likeness (QED) is 0.681. The third-order valence-corrected chi connectivity index (χ3v) is 6.08. The summed E-state index contributed by atoms with van der Waals surface area (Å²) in [7, 11) is 0. The van der Waals surface area contributed by atoms with Gasteiger partial charge in [0.25, 0.3) is 0 Å². The van der Waals surface area contributed by atoms with Crippen LogP contribution >= 0.6 is 22.9 Å². The minimum atomic E-state index is 0.0295. The Morgan fingerprint density at radius 2 is 2.04 bits per heavy atom. The van der Waals surface area contributed by atoms with E-state index >= 15 is 0 Å². The molecular formula is C20H20ClN3OS. The number of carbonyl (C=O) groups is 1. The van der Waals surface area contributed by atoms with Gasteiger partial charge in [-0.25, -0.2) is 4.98 Å². The van der Waals surface area contributed by atoms with E-state index in [0.29, 0.717) is 5.02 Å². The maximum Gasteiger partial charge on any atom is 0.227 e. The van der Waals surface area contributed by atoms with Crippen LogP contribution in [0.15, 0.2) is 42.5 Å². The lowest BCUT2D eigenvalue weighted by Crippen LogP contribution is -2.38. The summed E-state index contributed by atoms with van der Waals surface area (Å²) in [4.78, 5) is 19.6. The van der Waals surface area contributed by atoms with Gasteiger partial charge in [-0.05, 0) is 55.7 Å². The van der Waals surface area contributed by atoms with Crippen molar-refractivity contribution in [2.45, 2.75) is 19.8 Å². The molecule has 0 atom stereocenters. The Bertz CT molecular complexity index is 947. The van der Waals surface area contributed by atoms with Crippen molar-refractivity contribution >= 4 is 49.9 Å². The fourth-order valence-electron chi connectivity index (χ4n) is 3.30. The predicted octanol–water partition coefficient (Wildman–Crippen LogP) is 5.11. The maximum atomic E-state index is 12.5. The number of anilines is 2. The topological polar surface area (TPSA) is 45.2 Å². The van der Waals surface area contributed by atoms with Crippen molar-refractivity contribution < 1.29 is 4.79 Å². The lowest BCUT2D eigenvalue weighted by atomic mass is 9.96.